The SMILES string of the molecule is CC(NC(=O)NC(C(=O)O)C(C)(C)C)c1ncc[nH]1. The van der Waals surface area contributed by atoms with Gasteiger partial charge in [-0.1, -0.05) is 20.8 Å². The molecular weight excluding hydrogens is 248 g/mol. The molecule has 0 aliphatic rings. The molecule has 7 heteroatoms. The molecule has 1 rings (SSSR count). The molecular formula is C12H20N4O3. The van der Waals surface area contributed by atoms with E-state index in [9.17, 15) is 9.59 Å². The highest BCUT2D eigenvalue weighted by atomic mass is 16.4. The zero-order valence-corrected chi connectivity index (χ0v) is 11.5. The molecule has 2 amide bonds. The van der Waals surface area contributed by atoms with Crippen LogP contribution in [0.4, 0.5) is 4.79 Å². The lowest BCUT2D eigenvalue weighted by Gasteiger charge is -2.28. The van der Waals surface area contributed by atoms with E-state index in [0.717, 1.165) is 0 Å². The topological polar surface area (TPSA) is 107 Å². The first kappa shape index (κ1) is 15.0. The lowest BCUT2D eigenvalue weighted by molar-refractivity contribution is -0.141. The summed E-state index contributed by atoms with van der Waals surface area (Å²) in [6, 6.07) is -1.83. The molecule has 0 radical (unpaired) electrons. The zero-order chi connectivity index (χ0) is 14.6. The number of urea groups is 1. The van der Waals surface area contributed by atoms with E-state index in [-0.39, 0.29) is 6.04 Å². The van der Waals surface area contributed by atoms with Gasteiger partial charge in [0, 0.05) is 12.4 Å². The van der Waals surface area contributed by atoms with E-state index in [1.54, 1.807) is 40.1 Å². The van der Waals surface area contributed by atoms with E-state index in [0.29, 0.717) is 5.82 Å². The lowest BCUT2D eigenvalue weighted by Crippen LogP contribution is -2.52. The summed E-state index contributed by atoms with van der Waals surface area (Å²) in [5.74, 6) is -0.453. The van der Waals surface area contributed by atoms with Crippen molar-refractivity contribution in [3.8, 4) is 0 Å². The number of carboxylic acids is 1. The van der Waals surface area contributed by atoms with E-state index >= 15 is 0 Å². The first-order valence-electron chi connectivity index (χ1n) is 6.01. The van der Waals surface area contributed by atoms with Crippen molar-refractivity contribution in [3.05, 3.63) is 18.2 Å². The molecule has 0 bridgehead atoms. The molecule has 19 heavy (non-hydrogen) atoms. The molecule has 1 heterocycles. The normalized spacial score (nSPS) is 14.5. The number of H-pyrrole nitrogens is 1. The van der Waals surface area contributed by atoms with Crippen LogP contribution in [0.5, 0.6) is 0 Å². The Hall–Kier alpha value is -2.05. The second-order valence-corrected chi connectivity index (χ2v) is 5.45. The molecule has 2 unspecified atom stereocenters. The van der Waals surface area contributed by atoms with Crippen LogP contribution in [0.25, 0.3) is 0 Å². The highest BCUT2D eigenvalue weighted by Crippen LogP contribution is 2.19. The summed E-state index contributed by atoms with van der Waals surface area (Å²) in [7, 11) is 0. The van der Waals surface area contributed by atoms with Gasteiger partial charge in [-0.2, -0.15) is 0 Å². The summed E-state index contributed by atoms with van der Waals surface area (Å²) < 4.78 is 0. The number of carbonyl (C=O) groups excluding carboxylic acids is 1. The van der Waals surface area contributed by atoms with Crippen LogP contribution in [-0.2, 0) is 4.79 Å². The van der Waals surface area contributed by atoms with Gasteiger partial charge in [-0.25, -0.2) is 14.6 Å². The molecule has 0 aliphatic heterocycles. The molecule has 7 nitrogen and oxygen atoms in total. The highest BCUT2D eigenvalue weighted by Gasteiger charge is 2.32. The number of rotatable bonds is 4. The minimum Gasteiger partial charge on any atom is -0.480 e. The van der Waals surface area contributed by atoms with Crippen LogP contribution in [0, 0.1) is 5.41 Å². The second kappa shape index (κ2) is 5.73. The summed E-state index contributed by atoms with van der Waals surface area (Å²) >= 11 is 0. The summed E-state index contributed by atoms with van der Waals surface area (Å²) in [5, 5.41) is 14.2. The Bertz CT molecular complexity index is 436. The largest absolute Gasteiger partial charge is 0.480 e. The molecule has 0 saturated carbocycles. The van der Waals surface area contributed by atoms with Gasteiger partial charge in [0.05, 0.1) is 6.04 Å². The highest BCUT2D eigenvalue weighted by molar-refractivity contribution is 5.83. The van der Waals surface area contributed by atoms with Crippen molar-refractivity contribution in [1.82, 2.24) is 20.6 Å². The van der Waals surface area contributed by atoms with E-state index in [1.807, 2.05) is 0 Å². The van der Waals surface area contributed by atoms with Crippen LogP contribution in [-0.4, -0.2) is 33.1 Å². The summed E-state index contributed by atoms with van der Waals surface area (Å²) in [6.45, 7) is 7.01. The molecule has 0 fully saturated rings. The number of carboxylic acid groups (broad SMARTS) is 1. The number of aromatic nitrogens is 2. The van der Waals surface area contributed by atoms with Crippen LogP contribution in [0.1, 0.15) is 39.6 Å². The monoisotopic (exact) mass is 268 g/mol. The fourth-order valence-electron chi connectivity index (χ4n) is 1.60. The number of hydrogen-bond acceptors (Lipinski definition) is 3. The fraction of sp³-hybridized carbons (Fsp3) is 0.583. The van der Waals surface area contributed by atoms with Gasteiger partial charge >= 0.3 is 12.0 Å². The van der Waals surface area contributed by atoms with Crippen LogP contribution < -0.4 is 10.6 Å². The fourth-order valence-corrected chi connectivity index (χ4v) is 1.60. The molecule has 0 aliphatic carbocycles. The van der Waals surface area contributed by atoms with Gasteiger partial charge in [-0.15, -0.1) is 0 Å². The van der Waals surface area contributed by atoms with Gasteiger partial charge in [0.15, 0.2) is 0 Å². The molecule has 0 spiro atoms. The maximum Gasteiger partial charge on any atom is 0.326 e. The van der Waals surface area contributed by atoms with E-state index < -0.39 is 23.5 Å². The quantitative estimate of drug-likeness (QED) is 0.659. The van der Waals surface area contributed by atoms with Crippen molar-refractivity contribution < 1.29 is 14.7 Å². The summed E-state index contributed by atoms with van der Waals surface area (Å²) in [5.41, 5.74) is -0.572. The molecule has 2 atom stereocenters. The number of aliphatic carboxylic acids is 1. The molecule has 4 N–H and O–H groups in total. The van der Waals surface area contributed by atoms with Gasteiger partial charge in [0.1, 0.15) is 11.9 Å². The molecule has 0 saturated heterocycles. The number of hydrogen-bond donors (Lipinski definition) is 4. The molecule has 0 aromatic carbocycles. The summed E-state index contributed by atoms with van der Waals surface area (Å²) in [4.78, 5) is 29.8. The van der Waals surface area contributed by atoms with Gasteiger partial charge in [-0.3, -0.25) is 0 Å². The van der Waals surface area contributed by atoms with Gasteiger partial charge in [0.25, 0.3) is 0 Å². The van der Waals surface area contributed by atoms with Gasteiger partial charge < -0.3 is 20.7 Å². The third-order valence-corrected chi connectivity index (χ3v) is 2.67. The first-order valence-corrected chi connectivity index (χ1v) is 6.01. The van der Waals surface area contributed by atoms with Crippen molar-refractivity contribution in [3.63, 3.8) is 0 Å². The minimum atomic E-state index is -1.06. The van der Waals surface area contributed by atoms with Crippen LogP contribution >= 0.6 is 0 Å². The summed E-state index contributed by atoms with van der Waals surface area (Å²) in [6.07, 6.45) is 3.24. The van der Waals surface area contributed by atoms with Crippen LogP contribution in [0.15, 0.2) is 12.4 Å². The Morgan fingerprint density at radius 1 is 1.37 bits per heavy atom. The van der Waals surface area contributed by atoms with Crippen molar-refractivity contribution in [2.45, 2.75) is 39.8 Å². The first-order chi connectivity index (χ1) is 8.71. The van der Waals surface area contributed by atoms with E-state index in [2.05, 4.69) is 20.6 Å². The number of carbonyl (C=O) groups is 2. The predicted molar refractivity (Wildman–Crippen MR) is 69.5 cm³/mol. The smallest absolute Gasteiger partial charge is 0.326 e. The van der Waals surface area contributed by atoms with Crippen LogP contribution in [0.3, 0.4) is 0 Å². The van der Waals surface area contributed by atoms with Gasteiger partial charge in [0.2, 0.25) is 0 Å². The Kier molecular flexibility index (Phi) is 4.52. The van der Waals surface area contributed by atoms with Crippen molar-refractivity contribution >= 4 is 12.0 Å². The number of nitrogens with zero attached hydrogens (tertiary/aromatic N) is 1. The minimum absolute atomic E-state index is 0.329. The standard InChI is InChI=1S/C12H20N4O3/c1-7(9-13-5-6-14-9)15-11(19)16-8(10(17)18)12(2,3)4/h5-8H,1-4H3,(H,13,14)(H,17,18)(H2,15,16,19). The Balaban J connectivity index is 2.61. The van der Waals surface area contributed by atoms with Crippen molar-refractivity contribution in [1.29, 1.82) is 0 Å². The van der Waals surface area contributed by atoms with E-state index in [1.165, 1.54) is 0 Å². The maximum atomic E-state index is 11.8. The number of amides is 2. The van der Waals surface area contributed by atoms with Crippen molar-refractivity contribution in [2.24, 2.45) is 5.41 Å². The Morgan fingerprint density at radius 3 is 2.42 bits per heavy atom. The average Bonchev–Trinajstić information content (AvgIpc) is 2.77. The Morgan fingerprint density at radius 2 is 2.00 bits per heavy atom. The number of aromatic amines is 1. The van der Waals surface area contributed by atoms with Gasteiger partial charge in [-0.05, 0) is 12.3 Å². The zero-order valence-electron chi connectivity index (χ0n) is 11.5. The predicted octanol–water partition coefficient (Wildman–Crippen LogP) is 1.27. The maximum absolute atomic E-state index is 11.8. The average molecular weight is 268 g/mol. The molecule has 1 aromatic rings. The Labute approximate surface area is 111 Å². The molecule has 106 valence electrons. The lowest BCUT2D eigenvalue weighted by atomic mass is 9.87. The van der Waals surface area contributed by atoms with Crippen molar-refractivity contribution in [2.75, 3.05) is 0 Å². The van der Waals surface area contributed by atoms with Crippen LogP contribution in [0.2, 0.25) is 0 Å². The number of imidazole rings is 1. The third-order valence-electron chi connectivity index (χ3n) is 2.67. The number of nitrogens with one attached hydrogen (secondary N) is 3. The molecule has 1 aromatic heterocycles. The second-order valence-electron chi connectivity index (χ2n) is 5.45. The van der Waals surface area contributed by atoms with E-state index in [4.69, 9.17) is 5.11 Å². The third kappa shape index (κ3) is 4.27.